The molecule has 0 saturated heterocycles. The van der Waals surface area contributed by atoms with Crippen molar-refractivity contribution >= 4 is 39.9 Å². The Morgan fingerprint density at radius 3 is 2.70 bits per heavy atom. The normalized spacial score (nSPS) is 10.7. The van der Waals surface area contributed by atoms with Crippen LogP contribution >= 0.6 is 11.6 Å². The number of amides is 1. The van der Waals surface area contributed by atoms with Gasteiger partial charge in [0.1, 0.15) is 30.3 Å². The van der Waals surface area contributed by atoms with Crippen LogP contribution in [0.1, 0.15) is 18.5 Å². The standard InChI is InChI=1S/C24H22ClN5O3/c25-18-13-16(9-10-20(18)33-14-17-5-1-2-11-27-17)30-24-23-19(28-15-29-24)6-3-7-21(23)32-12-4-8-22(26)31/h1-3,5-7,9-11,13,15H,4,8,12,14H2,(H2,26,31)(H,28,29,30). The van der Waals surface area contributed by atoms with Crippen molar-refractivity contribution in [3.63, 3.8) is 0 Å². The van der Waals surface area contributed by atoms with E-state index in [1.54, 1.807) is 18.3 Å². The van der Waals surface area contributed by atoms with Gasteiger partial charge in [0, 0.05) is 18.3 Å². The maximum absolute atomic E-state index is 11.0. The molecule has 0 bridgehead atoms. The lowest BCUT2D eigenvalue weighted by Gasteiger charge is -2.14. The fourth-order valence-electron chi connectivity index (χ4n) is 3.19. The highest BCUT2D eigenvalue weighted by Gasteiger charge is 2.12. The van der Waals surface area contributed by atoms with Crippen LogP contribution < -0.4 is 20.5 Å². The predicted molar refractivity (Wildman–Crippen MR) is 127 cm³/mol. The average molecular weight is 464 g/mol. The molecule has 8 nitrogen and oxygen atoms in total. The van der Waals surface area contributed by atoms with E-state index in [2.05, 4.69) is 20.3 Å². The van der Waals surface area contributed by atoms with Crippen LogP contribution in [0.5, 0.6) is 11.5 Å². The minimum Gasteiger partial charge on any atom is -0.493 e. The van der Waals surface area contributed by atoms with E-state index in [4.69, 9.17) is 26.8 Å². The van der Waals surface area contributed by atoms with Gasteiger partial charge in [-0.3, -0.25) is 9.78 Å². The largest absolute Gasteiger partial charge is 0.493 e. The second-order valence-corrected chi connectivity index (χ2v) is 7.58. The van der Waals surface area contributed by atoms with Crippen LogP contribution in [0.15, 0.2) is 67.1 Å². The van der Waals surface area contributed by atoms with Crippen molar-refractivity contribution in [1.29, 1.82) is 0 Å². The second kappa shape index (κ2) is 10.6. The molecule has 0 fully saturated rings. The minimum atomic E-state index is -0.355. The first-order valence-electron chi connectivity index (χ1n) is 10.3. The molecule has 2 aromatic heterocycles. The molecule has 9 heteroatoms. The summed E-state index contributed by atoms with van der Waals surface area (Å²) in [6.45, 7) is 0.671. The molecule has 0 aliphatic carbocycles. The summed E-state index contributed by atoms with van der Waals surface area (Å²) in [6, 6.07) is 16.6. The fraction of sp³-hybridized carbons (Fsp3) is 0.167. The quantitative estimate of drug-likeness (QED) is 0.329. The molecule has 0 spiro atoms. The molecule has 0 radical (unpaired) electrons. The van der Waals surface area contributed by atoms with Gasteiger partial charge >= 0.3 is 0 Å². The van der Waals surface area contributed by atoms with Crippen LogP contribution in [0.2, 0.25) is 5.02 Å². The predicted octanol–water partition coefficient (Wildman–Crippen LogP) is 4.65. The zero-order valence-corrected chi connectivity index (χ0v) is 18.5. The van der Waals surface area contributed by atoms with Crippen molar-refractivity contribution in [2.75, 3.05) is 11.9 Å². The Kier molecular flexibility index (Phi) is 7.16. The molecular formula is C24H22ClN5O3. The highest BCUT2D eigenvalue weighted by Crippen LogP contribution is 2.34. The van der Waals surface area contributed by atoms with E-state index in [0.717, 1.165) is 22.3 Å². The monoisotopic (exact) mass is 463 g/mol. The zero-order chi connectivity index (χ0) is 23.0. The van der Waals surface area contributed by atoms with Gasteiger partial charge in [-0.05, 0) is 48.9 Å². The molecule has 2 heterocycles. The van der Waals surface area contributed by atoms with Crippen molar-refractivity contribution in [2.45, 2.75) is 19.4 Å². The first-order chi connectivity index (χ1) is 16.1. The number of nitrogens with two attached hydrogens (primary N) is 1. The number of nitrogens with one attached hydrogen (secondary N) is 1. The molecular weight excluding hydrogens is 442 g/mol. The maximum Gasteiger partial charge on any atom is 0.217 e. The lowest BCUT2D eigenvalue weighted by molar-refractivity contribution is -0.118. The van der Waals surface area contributed by atoms with Gasteiger partial charge in [0.25, 0.3) is 0 Å². The zero-order valence-electron chi connectivity index (χ0n) is 17.7. The van der Waals surface area contributed by atoms with Crippen LogP contribution in [-0.4, -0.2) is 27.5 Å². The van der Waals surface area contributed by atoms with Crippen LogP contribution in [0.4, 0.5) is 11.5 Å². The molecule has 1 amide bonds. The second-order valence-electron chi connectivity index (χ2n) is 7.17. The first-order valence-corrected chi connectivity index (χ1v) is 10.7. The van der Waals surface area contributed by atoms with E-state index in [1.165, 1.54) is 6.33 Å². The summed E-state index contributed by atoms with van der Waals surface area (Å²) in [5, 5.41) is 4.46. The molecule has 4 aromatic rings. The SMILES string of the molecule is NC(=O)CCCOc1cccc2ncnc(Nc3ccc(OCc4ccccn4)c(Cl)c3)c12. The van der Waals surface area contributed by atoms with Crippen molar-refractivity contribution in [2.24, 2.45) is 5.73 Å². The molecule has 0 unspecified atom stereocenters. The molecule has 168 valence electrons. The van der Waals surface area contributed by atoms with Crippen molar-refractivity contribution in [3.8, 4) is 11.5 Å². The van der Waals surface area contributed by atoms with Crippen molar-refractivity contribution in [1.82, 2.24) is 15.0 Å². The number of hydrogen-bond acceptors (Lipinski definition) is 7. The summed E-state index contributed by atoms with van der Waals surface area (Å²) >= 11 is 6.44. The van der Waals surface area contributed by atoms with Crippen LogP contribution in [0.3, 0.4) is 0 Å². The Morgan fingerprint density at radius 2 is 1.91 bits per heavy atom. The summed E-state index contributed by atoms with van der Waals surface area (Å²) in [6.07, 6.45) is 3.99. The smallest absolute Gasteiger partial charge is 0.217 e. The highest BCUT2D eigenvalue weighted by molar-refractivity contribution is 6.32. The Labute approximate surface area is 195 Å². The Morgan fingerprint density at radius 1 is 1.00 bits per heavy atom. The van der Waals surface area contributed by atoms with E-state index in [0.29, 0.717) is 42.0 Å². The van der Waals surface area contributed by atoms with Gasteiger partial charge < -0.3 is 20.5 Å². The summed E-state index contributed by atoms with van der Waals surface area (Å²) < 4.78 is 11.7. The number of nitrogens with zero attached hydrogens (tertiary/aromatic N) is 3. The molecule has 2 aromatic carbocycles. The Balaban J connectivity index is 1.51. The molecule has 0 aliphatic rings. The fourth-order valence-corrected chi connectivity index (χ4v) is 3.42. The number of halogens is 1. The molecule has 33 heavy (non-hydrogen) atoms. The third-order valence-corrected chi connectivity index (χ3v) is 5.04. The number of rotatable bonds is 10. The molecule has 3 N–H and O–H groups in total. The first kappa shape index (κ1) is 22.3. The summed E-state index contributed by atoms with van der Waals surface area (Å²) in [5.41, 5.74) is 7.46. The highest BCUT2D eigenvalue weighted by atomic mass is 35.5. The van der Waals surface area contributed by atoms with E-state index < -0.39 is 0 Å². The third kappa shape index (κ3) is 5.87. The topological polar surface area (TPSA) is 112 Å². The maximum atomic E-state index is 11.0. The molecule has 0 aliphatic heterocycles. The van der Waals surface area contributed by atoms with Gasteiger partial charge in [-0.2, -0.15) is 0 Å². The van der Waals surface area contributed by atoms with Gasteiger partial charge in [-0.15, -0.1) is 0 Å². The number of carbonyl (C=O) groups excluding carboxylic acids is 1. The number of fused-ring (bicyclic) bond motifs is 1. The van der Waals surface area contributed by atoms with E-state index in [1.807, 2.05) is 42.5 Å². The molecule has 0 atom stereocenters. The number of anilines is 2. The van der Waals surface area contributed by atoms with E-state index >= 15 is 0 Å². The lowest BCUT2D eigenvalue weighted by Crippen LogP contribution is -2.12. The van der Waals surface area contributed by atoms with E-state index in [9.17, 15) is 4.79 Å². The Bertz CT molecular complexity index is 1250. The number of pyridine rings is 1. The van der Waals surface area contributed by atoms with Gasteiger partial charge in [-0.25, -0.2) is 9.97 Å². The summed E-state index contributed by atoms with van der Waals surface area (Å²) in [5.74, 6) is 1.38. The molecule has 0 saturated carbocycles. The van der Waals surface area contributed by atoms with Gasteiger partial charge in [0.15, 0.2) is 0 Å². The van der Waals surface area contributed by atoms with Crippen LogP contribution in [0.25, 0.3) is 10.9 Å². The third-order valence-electron chi connectivity index (χ3n) is 4.75. The number of aromatic nitrogens is 3. The Hall–Kier alpha value is -3.91. The van der Waals surface area contributed by atoms with Crippen molar-refractivity contribution < 1.29 is 14.3 Å². The number of benzene rings is 2. The average Bonchev–Trinajstić information content (AvgIpc) is 2.82. The lowest BCUT2D eigenvalue weighted by atomic mass is 10.2. The summed E-state index contributed by atoms with van der Waals surface area (Å²) in [4.78, 5) is 23.9. The number of ether oxygens (including phenoxy) is 2. The van der Waals surface area contributed by atoms with E-state index in [-0.39, 0.29) is 12.3 Å². The van der Waals surface area contributed by atoms with Crippen LogP contribution in [0, 0.1) is 0 Å². The van der Waals surface area contributed by atoms with Crippen molar-refractivity contribution in [3.05, 3.63) is 77.8 Å². The van der Waals surface area contributed by atoms with Crippen LogP contribution in [-0.2, 0) is 11.4 Å². The van der Waals surface area contributed by atoms with Gasteiger partial charge in [0.2, 0.25) is 5.91 Å². The number of primary amides is 1. The minimum absolute atomic E-state index is 0.264. The molecule has 4 rings (SSSR count). The summed E-state index contributed by atoms with van der Waals surface area (Å²) in [7, 11) is 0. The number of carbonyl (C=O) groups is 1. The van der Waals surface area contributed by atoms with Gasteiger partial charge in [-0.1, -0.05) is 23.7 Å². The van der Waals surface area contributed by atoms with Gasteiger partial charge in [0.05, 0.1) is 28.2 Å². The number of hydrogen-bond donors (Lipinski definition) is 2.